The number of nitrogens with zero attached hydrogens (tertiary/aromatic N) is 5. The summed E-state index contributed by atoms with van der Waals surface area (Å²) in [4.78, 5) is 20.4. The smallest absolute Gasteiger partial charge is 0.260 e. The Morgan fingerprint density at radius 2 is 1.87 bits per heavy atom. The zero-order chi connectivity index (χ0) is 26.9. The number of anilines is 1. The Morgan fingerprint density at radius 3 is 2.55 bits per heavy atom. The molecule has 2 aromatic carbocycles. The van der Waals surface area contributed by atoms with Crippen molar-refractivity contribution in [1.82, 2.24) is 19.1 Å². The lowest BCUT2D eigenvalue weighted by molar-refractivity contribution is 0.0985. The van der Waals surface area contributed by atoms with Crippen molar-refractivity contribution in [3.05, 3.63) is 71.5 Å². The van der Waals surface area contributed by atoms with Crippen LogP contribution in [0.15, 0.2) is 59.5 Å². The van der Waals surface area contributed by atoms with Crippen molar-refractivity contribution in [1.29, 1.82) is 0 Å². The molecule has 1 saturated heterocycles. The Kier molecular flexibility index (Phi) is 7.65. The van der Waals surface area contributed by atoms with E-state index in [1.54, 1.807) is 33.5 Å². The van der Waals surface area contributed by atoms with Crippen LogP contribution in [0.3, 0.4) is 0 Å². The summed E-state index contributed by atoms with van der Waals surface area (Å²) in [5.41, 5.74) is 3.21. The maximum Gasteiger partial charge on any atom is 0.260 e. The van der Waals surface area contributed by atoms with Gasteiger partial charge in [0.15, 0.2) is 5.13 Å². The van der Waals surface area contributed by atoms with E-state index >= 15 is 0 Å². The van der Waals surface area contributed by atoms with Crippen LogP contribution in [0.25, 0.3) is 10.2 Å². The SMILES string of the molecule is CCC1CCCCN1S(=O)(=O)c1ccc(C(=O)N(CCn2nc(C)cc2C)c2nc3ccccc3s2)cc1. The maximum absolute atomic E-state index is 13.8. The highest BCUT2D eigenvalue weighted by Gasteiger charge is 2.32. The van der Waals surface area contributed by atoms with Crippen molar-refractivity contribution in [2.45, 2.75) is 63.9 Å². The monoisotopic (exact) mass is 551 g/mol. The third-order valence-electron chi connectivity index (χ3n) is 7.15. The molecule has 1 unspecified atom stereocenters. The minimum absolute atomic E-state index is 0.0268. The van der Waals surface area contributed by atoms with Crippen molar-refractivity contribution in [3.63, 3.8) is 0 Å². The van der Waals surface area contributed by atoms with Crippen LogP contribution in [0.1, 0.15) is 54.4 Å². The second kappa shape index (κ2) is 11.0. The number of sulfonamides is 1. The number of rotatable bonds is 8. The van der Waals surface area contributed by atoms with Gasteiger partial charge in [-0.05, 0) is 75.6 Å². The number of hydrogen-bond acceptors (Lipinski definition) is 6. The molecule has 5 rings (SSSR count). The van der Waals surface area contributed by atoms with Gasteiger partial charge in [-0.15, -0.1) is 0 Å². The van der Waals surface area contributed by atoms with E-state index < -0.39 is 10.0 Å². The second-order valence-corrected chi connectivity index (χ2v) is 12.7. The zero-order valence-corrected chi connectivity index (χ0v) is 23.6. The summed E-state index contributed by atoms with van der Waals surface area (Å²) in [5, 5.41) is 5.14. The average molecular weight is 552 g/mol. The Balaban J connectivity index is 1.43. The molecule has 0 spiro atoms. The molecule has 200 valence electrons. The summed E-state index contributed by atoms with van der Waals surface area (Å²) in [6.45, 7) is 7.41. The standard InChI is InChI=1S/C28H33N5O3S2/c1-4-23-9-7-8-16-33(23)38(35,36)24-14-12-22(13-15-24)27(34)31(17-18-32-21(3)19-20(2)30-32)28-29-25-10-5-6-11-26(25)37-28/h5-6,10-15,19,23H,4,7-9,16-18H2,1-3H3. The number of hydrogen-bond donors (Lipinski definition) is 0. The Labute approximate surface area is 228 Å². The van der Waals surface area contributed by atoms with Gasteiger partial charge in [0, 0.05) is 30.4 Å². The summed E-state index contributed by atoms with van der Waals surface area (Å²) >= 11 is 1.46. The molecule has 38 heavy (non-hydrogen) atoms. The summed E-state index contributed by atoms with van der Waals surface area (Å²) in [5.74, 6) is -0.223. The Morgan fingerprint density at radius 1 is 1.11 bits per heavy atom. The van der Waals surface area contributed by atoms with Crippen LogP contribution in [0.2, 0.25) is 0 Å². The van der Waals surface area contributed by atoms with Gasteiger partial charge in [0.05, 0.1) is 27.4 Å². The minimum Gasteiger partial charge on any atom is -0.282 e. The first-order valence-electron chi connectivity index (χ1n) is 13.1. The summed E-state index contributed by atoms with van der Waals surface area (Å²) in [6.07, 6.45) is 3.61. The molecular formula is C28H33N5O3S2. The molecule has 1 atom stereocenters. The first-order valence-corrected chi connectivity index (χ1v) is 15.3. The number of piperidine rings is 1. The van der Waals surface area contributed by atoms with Crippen molar-refractivity contribution in [2.24, 2.45) is 0 Å². The molecule has 0 bridgehead atoms. The van der Waals surface area contributed by atoms with Gasteiger partial charge in [0.25, 0.3) is 5.91 Å². The molecule has 10 heteroatoms. The number of para-hydroxylation sites is 1. The van der Waals surface area contributed by atoms with E-state index in [2.05, 4.69) is 5.10 Å². The molecule has 1 amide bonds. The van der Waals surface area contributed by atoms with Gasteiger partial charge in [0.1, 0.15) is 0 Å². The number of thiazole rings is 1. The highest BCUT2D eigenvalue weighted by Crippen LogP contribution is 2.31. The first-order chi connectivity index (χ1) is 18.3. The Bertz CT molecular complexity index is 1510. The topological polar surface area (TPSA) is 88.4 Å². The number of carbonyl (C=O) groups excluding carboxylic acids is 1. The van der Waals surface area contributed by atoms with E-state index in [1.165, 1.54) is 11.3 Å². The van der Waals surface area contributed by atoms with Crippen LogP contribution < -0.4 is 4.90 Å². The van der Waals surface area contributed by atoms with E-state index in [-0.39, 0.29) is 16.8 Å². The predicted molar refractivity (Wildman–Crippen MR) is 151 cm³/mol. The number of carbonyl (C=O) groups is 1. The highest BCUT2D eigenvalue weighted by atomic mass is 32.2. The van der Waals surface area contributed by atoms with Gasteiger partial charge >= 0.3 is 0 Å². The third kappa shape index (κ3) is 5.25. The number of amides is 1. The van der Waals surface area contributed by atoms with Crippen LogP contribution in [0.4, 0.5) is 5.13 Å². The van der Waals surface area contributed by atoms with Gasteiger partial charge in [-0.1, -0.05) is 36.8 Å². The van der Waals surface area contributed by atoms with E-state index in [1.807, 2.05) is 55.8 Å². The molecular weight excluding hydrogens is 518 g/mol. The van der Waals surface area contributed by atoms with Gasteiger partial charge in [-0.25, -0.2) is 13.4 Å². The largest absolute Gasteiger partial charge is 0.282 e. The number of benzene rings is 2. The van der Waals surface area contributed by atoms with Crippen LogP contribution in [0.5, 0.6) is 0 Å². The summed E-state index contributed by atoms with van der Waals surface area (Å²) in [7, 11) is -3.62. The fourth-order valence-electron chi connectivity index (χ4n) is 5.11. The number of aryl methyl sites for hydroxylation is 2. The van der Waals surface area contributed by atoms with Crippen LogP contribution in [-0.4, -0.2) is 52.5 Å². The van der Waals surface area contributed by atoms with Gasteiger partial charge in [-0.2, -0.15) is 9.40 Å². The lowest BCUT2D eigenvalue weighted by atomic mass is 10.0. The molecule has 1 aliphatic rings. The van der Waals surface area contributed by atoms with Crippen molar-refractivity contribution < 1.29 is 13.2 Å². The van der Waals surface area contributed by atoms with Crippen molar-refractivity contribution >= 4 is 42.6 Å². The average Bonchev–Trinajstić information content (AvgIpc) is 3.50. The molecule has 2 aromatic heterocycles. The van der Waals surface area contributed by atoms with E-state index in [9.17, 15) is 13.2 Å². The molecule has 0 radical (unpaired) electrons. The molecule has 3 heterocycles. The number of aromatic nitrogens is 3. The van der Waals surface area contributed by atoms with E-state index in [4.69, 9.17) is 4.98 Å². The van der Waals surface area contributed by atoms with Gasteiger partial charge in [-0.3, -0.25) is 14.4 Å². The fourth-order valence-corrected chi connectivity index (χ4v) is 7.87. The highest BCUT2D eigenvalue weighted by molar-refractivity contribution is 7.89. The Hall–Kier alpha value is -3.08. The summed E-state index contributed by atoms with van der Waals surface area (Å²) < 4.78 is 31.3. The van der Waals surface area contributed by atoms with Crippen LogP contribution in [-0.2, 0) is 16.6 Å². The predicted octanol–water partition coefficient (Wildman–Crippen LogP) is 5.41. The quantitative estimate of drug-likeness (QED) is 0.292. The lowest BCUT2D eigenvalue weighted by Crippen LogP contribution is -2.43. The minimum atomic E-state index is -3.62. The molecule has 8 nitrogen and oxygen atoms in total. The maximum atomic E-state index is 13.8. The second-order valence-electron chi connectivity index (χ2n) is 9.77. The van der Waals surface area contributed by atoms with Crippen LogP contribution >= 0.6 is 11.3 Å². The molecule has 0 saturated carbocycles. The molecule has 1 aliphatic heterocycles. The molecule has 0 N–H and O–H groups in total. The third-order valence-corrected chi connectivity index (χ3v) is 10.2. The molecule has 4 aromatic rings. The molecule has 0 aliphatic carbocycles. The zero-order valence-electron chi connectivity index (χ0n) is 22.0. The summed E-state index contributed by atoms with van der Waals surface area (Å²) in [6, 6.07) is 16.2. The van der Waals surface area contributed by atoms with Gasteiger partial charge in [0.2, 0.25) is 10.0 Å². The van der Waals surface area contributed by atoms with E-state index in [0.717, 1.165) is 47.3 Å². The van der Waals surface area contributed by atoms with Crippen LogP contribution in [0, 0.1) is 13.8 Å². The fraction of sp³-hybridized carbons (Fsp3) is 0.393. The normalized spacial score (nSPS) is 16.7. The first kappa shape index (κ1) is 26.5. The van der Waals surface area contributed by atoms with Crippen molar-refractivity contribution in [2.75, 3.05) is 18.0 Å². The van der Waals surface area contributed by atoms with E-state index in [0.29, 0.717) is 30.3 Å². The number of fused-ring (bicyclic) bond motifs is 1. The van der Waals surface area contributed by atoms with Crippen molar-refractivity contribution in [3.8, 4) is 0 Å². The molecule has 1 fully saturated rings. The van der Waals surface area contributed by atoms with Gasteiger partial charge < -0.3 is 0 Å². The lowest BCUT2D eigenvalue weighted by Gasteiger charge is -2.34.